The minimum atomic E-state index is 0.448. The molecular weight excluding hydrogens is 284 g/mol. The molecule has 0 amide bonds. The molecule has 2 nitrogen and oxygen atoms in total. The van der Waals surface area contributed by atoms with Gasteiger partial charge in [-0.15, -0.1) is 0 Å². The Balaban J connectivity index is 1.67. The maximum atomic E-state index is 6.39. The molecule has 2 rings (SSSR count). The van der Waals surface area contributed by atoms with Crippen LogP contribution >= 0.6 is 0 Å². The summed E-state index contributed by atoms with van der Waals surface area (Å²) >= 11 is 0. The first kappa shape index (κ1) is 19.2. The summed E-state index contributed by atoms with van der Waals surface area (Å²) in [5.41, 5.74) is 0. The largest absolute Gasteiger partial charge is 0.378 e. The second-order valence-electron chi connectivity index (χ2n) is 8.19. The molecule has 0 aliphatic heterocycles. The number of hydrogen-bond acceptors (Lipinski definition) is 2. The van der Waals surface area contributed by atoms with E-state index in [2.05, 4.69) is 27.7 Å². The lowest BCUT2D eigenvalue weighted by Crippen LogP contribution is -2.41. The van der Waals surface area contributed by atoms with Crippen LogP contribution in [0, 0.1) is 23.7 Å². The second-order valence-corrected chi connectivity index (χ2v) is 8.19. The van der Waals surface area contributed by atoms with E-state index in [9.17, 15) is 0 Å². The lowest BCUT2D eigenvalue weighted by Gasteiger charge is -2.40. The van der Waals surface area contributed by atoms with Gasteiger partial charge in [0, 0.05) is 13.2 Å². The van der Waals surface area contributed by atoms with Gasteiger partial charge in [-0.25, -0.2) is 0 Å². The fraction of sp³-hybridized carbons (Fsp3) is 1.00. The Hall–Kier alpha value is -0.0800. The molecule has 4 atom stereocenters. The molecule has 2 heteroatoms. The van der Waals surface area contributed by atoms with Gasteiger partial charge in [-0.1, -0.05) is 52.9 Å². The normalized spacial score (nSPS) is 38.6. The Bertz CT molecular complexity index is 309. The quantitative estimate of drug-likeness (QED) is 0.558. The third kappa shape index (κ3) is 5.74. The molecule has 0 radical (unpaired) electrons. The van der Waals surface area contributed by atoms with Gasteiger partial charge >= 0.3 is 0 Å². The van der Waals surface area contributed by atoms with Gasteiger partial charge in [-0.05, 0) is 56.3 Å². The van der Waals surface area contributed by atoms with E-state index in [4.69, 9.17) is 9.47 Å². The Kier molecular flexibility index (Phi) is 8.40. The highest BCUT2D eigenvalue weighted by Gasteiger charge is 2.35. The summed E-state index contributed by atoms with van der Waals surface area (Å²) in [6.45, 7) is 11.0. The number of hydrogen-bond donors (Lipinski definition) is 0. The van der Waals surface area contributed by atoms with Crippen molar-refractivity contribution in [2.45, 2.75) is 97.7 Å². The number of rotatable bonds is 8. The lowest BCUT2D eigenvalue weighted by molar-refractivity contribution is -0.0970. The van der Waals surface area contributed by atoms with Crippen molar-refractivity contribution in [3.05, 3.63) is 0 Å². The molecule has 4 unspecified atom stereocenters. The predicted molar refractivity (Wildman–Crippen MR) is 97.7 cm³/mol. The molecule has 136 valence electrons. The van der Waals surface area contributed by atoms with Crippen molar-refractivity contribution < 1.29 is 9.47 Å². The van der Waals surface area contributed by atoms with Crippen LogP contribution in [0.15, 0.2) is 0 Å². The fourth-order valence-electron chi connectivity index (χ4n) is 4.66. The van der Waals surface area contributed by atoms with Crippen LogP contribution in [-0.4, -0.2) is 25.4 Å². The smallest absolute Gasteiger partial charge is 0.0605 e. The summed E-state index contributed by atoms with van der Waals surface area (Å²) in [4.78, 5) is 0. The summed E-state index contributed by atoms with van der Waals surface area (Å²) in [6, 6.07) is 0. The first-order valence-electron chi connectivity index (χ1n) is 10.4. The van der Waals surface area contributed by atoms with E-state index in [0.29, 0.717) is 24.0 Å². The highest BCUT2D eigenvalue weighted by Crippen LogP contribution is 2.36. The van der Waals surface area contributed by atoms with Crippen molar-refractivity contribution in [2.75, 3.05) is 13.2 Å². The average molecular weight is 325 g/mol. The molecule has 2 aliphatic rings. The van der Waals surface area contributed by atoms with Gasteiger partial charge in [-0.2, -0.15) is 0 Å². The SMILES string of the molecule is CCCCC1CCC(COC2CCC(OCC)C(C)C2C)CC1. The van der Waals surface area contributed by atoms with Crippen LogP contribution < -0.4 is 0 Å². The second kappa shape index (κ2) is 10.0. The van der Waals surface area contributed by atoms with Gasteiger partial charge in [0.2, 0.25) is 0 Å². The van der Waals surface area contributed by atoms with Crippen LogP contribution in [0.5, 0.6) is 0 Å². The van der Waals surface area contributed by atoms with Crippen molar-refractivity contribution in [1.82, 2.24) is 0 Å². The van der Waals surface area contributed by atoms with Gasteiger partial charge in [-0.3, -0.25) is 0 Å². The molecule has 0 N–H and O–H groups in total. The van der Waals surface area contributed by atoms with Gasteiger partial charge in [0.1, 0.15) is 0 Å². The number of ether oxygens (including phenoxy) is 2. The maximum absolute atomic E-state index is 6.39. The van der Waals surface area contributed by atoms with E-state index < -0.39 is 0 Å². The summed E-state index contributed by atoms with van der Waals surface area (Å²) in [6.07, 6.45) is 13.2. The molecule has 2 aliphatic carbocycles. The molecule has 0 bridgehead atoms. The van der Waals surface area contributed by atoms with E-state index in [1.807, 2.05) is 0 Å². The zero-order valence-corrected chi connectivity index (χ0v) is 16.1. The molecule has 0 aromatic carbocycles. The molecule has 2 saturated carbocycles. The van der Waals surface area contributed by atoms with Crippen LogP contribution in [0.4, 0.5) is 0 Å². The van der Waals surface area contributed by atoms with Crippen molar-refractivity contribution in [1.29, 1.82) is 0 Å². The Morgan fingerprint density at radius 2 is 1.30 bits per heavy atom. The molecule has 2 fully saturated rings. The third-order valence-corrected chi connectivity index (χ3v) is 6.60. The van der Waals surface area contributed by atoms with Crippen LogP contribution in [0.3, 0.4) is 0 Å². The Morgan fingerprint density at radius 1 is 0.739 bits per heavy atom. The average Bonchev–Trinajstić information content (AvgIpc) is 2.57. The minimum absolute atomic E-state index is 0.448. The molecular formula is C21H40O2. The van der Waals surface area contributed by atoms with Crippen molar-refractivity contribution in [3.63, 3.8) is 0 Å². The van der Waals surface area contributed by atoms with E-state index in [1.54, 1.807) is 0 Å². The highest BCUT2D eigenvalue weighted by atomic mass is 16.5. The van der Waals surface area contributed by atoms with Crippen molar-refractivity contribution in [3.8, 4) is 0 Å². The van der Waals surface area contributed by atoms with Crippen LogP contribution in [-0.2, 0) is 9.47 Å². The number of unbranched alkanes of at least 4 members (excludes halogenated alkanes) is 1. The van der Waals surface area contributed by atoms with Gasteiger partial charge in [0.25, 0.3) is 0 Å². The molecule has 0 aromatic rings. The van der Waals surface area contributed by atoms with Gasteiger partial charge < -0.3 is 9.47 Å². The van der Waals surface area contributed by atoms with Gasteiger partial charge in [0.15, 0.2) is 0 Å². The summed E-state index contributed by atoms with van der Waals surface area (Å²) in [5.74, 6) is 3.08. The molecule has 23 heavy (non-hydrogen) atoms. The molecule has 0 heterocycles. The molecule has 0 spiro atoms. The maximum Gasteiger partial charge on any atom is 0.0605 e. The summed E-state index contributed by atoms with van der Waals surface area (Å²) in [5, 5.41) is 0. The standard InChI is InChI=1S/C21H40O2/c1-5-7-8-18-9-11-19(12-10-18)15-23-21-14-13-20(22-6-2)16(3)17(21)4/h16-21H,5-15H2,1-4H3. The van der Waals surface area contributed by atoms with Crippen LogP contribution in [0.25, 0.3) is 0 Å². The fourth-order valence-corrected chi connectivity index (χ4v) is 4.66. The van der Waals surface area contributed by atoms with E-state index in [1.165, 1.54) is 57.8 Å². The molecule has 0 aromatic heterocycles. The monoisotopic (exact) mass is 324 g/mol. The highest BCUT2D eigenvalue weighted by molar-refractivity contribution is 4.85. The van der Waals surface area contributed by atoms with E-state index in [0.717, 1.165) is 25.0 Å². The van der Waals surface area contributed by atoms with Crippen LogP contribution in [0.2, 0.25) is 0 Å². The minimum Gasteiger partial charge on any atom is -0.378 e. The summed E-state index contributed by atoms with van der Waals surface area (Å²) in [7, 11) is 0. The first-order valence-corrected chi connectivity index (χ1v) is 10.4. The predicted octanol–water partition coefficient (Wildman–Crippen LogP) is 5.84. The lowest BCUT2D eigenvalue weighted by atomic mass is 9.77. The zero-order chi connectivity index (χ0) is 16.7. The Morgan fingerprint density at radius 3 is 1.87 bits per heavy atom. The summed E-state index contributed by atoms with van der Waals surface area (Å²) < 4.78 is 12.3. The van der Waals surface area contributed by atoms with Crippen LogP contribution in [0.1, 0.15) is 85.5 Å². The van der Waals surface area contributed by atoms with E-state index in [-0.39, 0.29) is 0 Å². The zero-order valence-electron chi connectivity index (χ0n) is 16.1. The van der Waals surface area contributed by atoms with Crippen molar-refractivity contribution in [2.24, 2.45) is 23.7 Å². The third-order valence-electron chi connectivity index (χ3n) is 6.60. The topological polar surface area (TPSA) is 18.5 Å². The molecule has 0 saturated heterocycles. The van der Waals surface area contributed by atoms with Gasteiger partial charge in [0.05, 0.1) is 12.2 Å². The van der Waals surface area contributed by atoms with E-state index >= 15 is 0 Å². The first-order chi connectivity index (χ1) is 11.2. The van der Waals surface area contributed by atoms with Crippen molar-refractivity contribution >= 4 is 0 Å². The Labute approximate surface area is 144 Å².